The van der Waals surface area contributed by atoms with Gasteiger partial charge in [0.15, 0.2) is 0 Å². The van der Waals surface area contributed by atoms with Crippen molar-refractivity contribution < 1.29 is 9.53 Å². The number of carbonyl (C=O) groups is 1. The highest BCUT2D eigenvalue weighted by atomic mass is 35.5. The van der Waals surface area contributed by atoms with Crippen molar-refractivity contribution in [1.29, 1.82) is 0 Å². The van der Waals surface area contributed by atoms with Gasteiger partial charge in [-0.05, 0) is 62.5 Å². The number of halogens is 1. The normalized spacial score (nSPS) is 24.5. The van der Waals surface area contributed by atoms with E-state index in [2.05, 4.69) is 5.32 Å². The maximum atomic E-state index is 12.8. The Kier molecular flexibility index (Phi) is 4.89. The molecule has 0 aliphatic carbocycles. The molecule has 2 heterocycles. The minimum absolute atomic E-state index is 0.0840. The first-order chi connectivity index (χ1) is 10.7. The molecule has 0 unspecified atom stereocenters. The number of fused-ring (bicyclic) bond motifs is 1. The average molecular weight is 323 g/mol. The first kappa shape index (κ1) is 15.6. The number of nitrogens with one attached hydrogen (secondary N) is 1. The molecule has 1 saturated heterocycles. The molecule has 3 rings (SSSR count). The summed E-state index contributed by atoms with van der Waals surface area (Å²) in [6.45, 7) is 3.18. The van der Waals surface area contributed by atoms with Gasteiger partial charge in [-0.15, -0.1) is 0 Å². The second kappa shape index (κ2) is 6.88. The molecular formula is C17H23ClN2O2. The Bertz CT molecular complexity index is 547. The summed E-state index contributed by atoms with van der Waals surface area (Å²) in [4.78, 5) is 14.8. The van der Waals surface area contributed by atoms with Crippen LogP contribution < -0.4 is 10.1 Å². The highest BCUT2D eigenvalue weighted by molar-refractivity contribution is 6.30. The predicted molar refractivity (Wildman–Crippen MR) is 87.4 cm³/mol. The van der Waals surface area contributed by atoms with Crippen LogP contribution in [0.15, 0.2) is 18.2 Å². The Morgan fingerprint density at radius 1 is 1.50 bits per heavy atom. The van der Waals surface area contributed by atoms with Gasteiger partial charge in [0.2, 0.25) is 5.91 Å². The van der Waals surface area contributed by atoms with Gasteiger partial charge in [-0.1, -0.05) is 11.6 Å². The van der Waals surface area contributed by atoms with E-state index in [-0.39, 0.29) is 11.8 Å². The van der Waals surface area contributed by atoms with Crippen LogP contribution in [0.3, 0.4) is 0 Å². The minimum atomic E-state index is -0.0840. The van der Waals surface area contributed by atoms with E-state index in [0.29, 0.717) is 17.5 Å². The molecule has 22 heavy (non-hydrogen) atoms. The summed E-state index contributed by atoms with van der Waals surface area (Å²) in [5.41, 5.74) is 1.04. The van der Waals surface area contributed by atoms with E-state index in [1.807, 2.05) is 30.1 Å². The molecule has 0 radical (unpaired) electrons. The molecule has 2 aliphatic rings. The van der Waals surface area contributed by atoms with Crippen LogP contribution in [-0.2, 0) is 11.2 Å². The lowest BCUT2D eigenvalue weighted by Gasteiger charge is -2.36. The van der Waals surface area contributed by atoms with Crippen molar-refractivity contribution in [3.63, 3.8) is 0 Å². The van der Waals surface area contributed by atoms with E-state index >= 15 is 0 Å². The summed E-state index contributed by atoms with van der Waals surface area (Å²) in [5.74, 6) is 1.57. The number of amides is 1. The number of hydrogen-bond acceptors (Lipinski definition) is 3. The molecule has 1 N–H and O–H groups in total. The molecule has 1 aromatic carbocycles. The van der Waals surface area contributed by atoms with Crippen molar-refractivity contribution in [3.05, 3.63) is 28.8 Å². The summed E-state index contributed by atoms with van der Waals surface area (Å²) >= 11 is 6.05. The molecule has 0 saturated carbocycles. The lowest BCUT2D eigenvalue weighted by atomic mass is 9.92. The Morgan fingerprint density at radius 3 is 3.18 bits per heavy atom. The third-order valence-electron chi connectivity index (χ3n) is 4.60. The van der Waals surface area contributed by atoms with Gasteiger partial charge in [-0.25, -0.2) is 0 Å². The predicted octanol–water partition coefficient (Wildman–Crippen LogP) is 2.35. The zero-order valence-electron chi connectivity index (χ0n) is 13.0. The zero-order valence-corrected chi connectivity index (χ0v) is 13.7. The van der Waals surface area contributed by atoms with Gasteiger partial charge in [0.25, 0.3) is 0 Å². The molecule has 2 aliphatic heterocycles. The quantitative estimate of drug-likeness (QED) is 0.929. The number of piperidine rings is 1. The number of rotatable bonds is 3. The topological polar surface area (TPSA) is 41.6 Å². The van der Waals surface area contributed by atoms with E-state index in [0.717, 1.165) is 43.8 Å². The fourth-order valence-electron chi connectivity index (χ4n) is 3.50. The van der Waals surface area contributed by atoms with Crippen LogP contribution in [0.25, 0.3) is 0 Å². The Labute approximate surface area is 136 Å². The second-order valence-corrected chi connectivity index (χ2v) is 6.75. The number of benzene rings is 1. The average Bonchev–Trinajstić information content (AvgIpc) is 2.54. The van der Waals surface area contributed by atoms with Crippen molar-refractivity contribution in [3.8, 4) is 5.75 Å². The molecule has 1 fully saturated rings. The number of nitrogens with zero attached hydrogens (tertiary/aromatic N) is 1. The summed E-state index contributed by atoms with van der Waals surface area (Å²) in [5, 5.41) is 3.92. The van der Waals surface area contributed by atoms with Crippen molar-refractivity contribution in [2.24, 2.45) is 11.8 Å². The van der Waals surface area contributed by atoms with Gasteiger partial charge in [-0.2, -0.15) is 0 Å². The molecule has 2 atom stereocenters. The fourth-order valence-corrected chi connectivity index (χ4v) is 3.70. The highest BCUT2D eigenvalue weighted by Crippen LogP contribution is 2.31. The van der Waals surface area contributed by atoms with E-state index in [9.17, 15) is 4.79 Å². The van der Waals surface area contributed by atoms with Crippen LogP contribution >= 0.6 is 11.6 Å². The molecule has 120 valence electrons. The minimum Gasteiger partial charge on any atom is -0.492 e. The van der Waals surface area contributed by atoms with E-state index < -0.39 is 0 Å². The van der Waals surface area contributed by atoms with Gasteiger partial charge in [0.05, 0.1) is 5.92 Å². The molecule has 4 nitrogen and oxygen atoms in total. The van der Waals surface area contributed by atoms with Crippen LogP contribution in [0, 0.1) is 11.8 Å². The summed E-state index contributed by atoms with van der Waals surface area (Å²) in [7, 11) is 1.97. The molecule has 5 heteroatoms. The molecule has 0 bridgehead atoms. The van der Waals surface area contributed by atoms with Crippen LogP contribution in [0.4, 0.5) is 0 Å². The number of carbonyl (C=O) groups excluding carboxylic acids is 1. The summed E-state index contributed by atoms with van der Waals surface area (Å²) in [6.07, 6.45) is 3.01. The maximum Gasteiger partial charge on any atom is 0.229 e. The number of hydrogen-bond donors (Lipinski definition) is 1. The maximum absolute atomic E-state index is 12.8. The van der Waals surface area contributed by atoms with Crippen molar-refractivity contribution >= 4 is 17.5 Å². The van der Waals surface area contributed by atoms with Crippen molar-refractivity contribution in [2.75, 3.05) is 33.3 Å². The third kappa shape index (κ3) is 3.39. The van der Waals surface area contributed by atoms with Crippen LogP contribution in [0.1, 0.15) is 18.4 Å². The second-order valence-electron chi connectivity index (χ2n) is 6.31. The standard InChI is InChI=1S/C17H23ClN2O2/c1-19-9-12-3-2-6-20(10-12)17(21)14-7-13-8-15(18)4-5-16(13)22-11-14/h4-5,8,12,14,19H,2-3,6-7,9-11H2,1H3/t12-,14+/m1/s1. The number of ether oxygens (including phenoxy) is 1. The monoisotopic (exact) mass is 322 g/mol. The molecular weight excluding hydrogens is 300 g/mol. The van der Waals surface area contributed by atoms with Gasteiger partial charge in [0, 0.05) is 18.1 Å². The summed E-state index contributed by atoms with van der Waals surface area (Å²) in [6, 6.07) is 5.63. The Morgan fingerprint density at radius 2 is 2.36 bits per heavy atom. The van der Waals surface area contributed by atoms with Crippen molar-refractivity contribution in [1.82, 2.24) is 10.2 Å². The lowest BCUT2D eigenvalue weighted by molar-refractivity contribution is -0.138. The molecule has 1 amide bonds. The zero-order chi connectivity index (χ0) is 15.5. The Hall–Kier alpha value is -1.26. The van der Waals surface area contributed by atoms with Crippen LogP contribution in [-0.4, -0.2) is 44.1 Å². The van der Waals surface area contributed by atoms with Gasteiger partial charge < -0.3 is 15.0 Å². The summed E-state index contributed by atoms with van der Waals surface area (Å²) < 4.78 is 5.76. The first-order valence-electron chi connectivity index (χ1n) is 8.02. The van der Waals surface area contributed by atoms with E-state index in [1.165, 1.54) is 6.42 Å². The van der Waals surface area contributed by atoms with Gasteiger partial charge in [0.1, 0.15) is 12.4 Å². The van der Waals surface area contributed by atoms with E-state index in [4.69, 9.17) is 16.3 Å². The first-order valence-corrected chi connectivity index (χ1v) is 8.39. The SMILES string of the molecule is CNC[C@H]1CCCN(C(=O)[C@@H]2COc3ccc(Cl)cc3C2)C1. The third-order valence-corrected chi connectivity index (χ3v) is 4.84. The number of likely N-dealkylation sites (tertiary alicyclic amines) is 1. The largest absolute Gasteiger partial charge is 0.492 e. The van der Waals surface area contributed by atoms with Gasteiger partial charge in [-0.3, -0.25) is 4.79 Å². The molecule has 0 spiro atoms. The van der Waals surface area contributed by atoms with Crippen LogP contribution in [0.2, 0.25) is 5.02 Å². The van der Waals surface area contributed by atoms with Crippen molar-refractivity contribution in [2.45, 2.75) is 19.3 Å². The van der Waals surface area contributed by atoms with Gasteiger partial charge >= 0.3 is 0 Å². The van der Waals surface area contributed by atoms with E-state index in [1.54, 1.807) is 0 Å². The fraction of sp³-hybridized carbons (Fsp3) is 0.588. The lowest BCUT2D eigenvalue weighted by Crippen LogP contribution is -2.47. The molecule has 1 aromatic rings. The van der Waals surface area contributed by atoms with Crippen LogP contribution in [0.5, 0.6) is 5.75 Å². The molecule has 0 aromatic heterocycles. The Balaban J connectivity index is 1.66. The smallest absolute Gasteiger partial charge is 0.229 e. The highest BCUT2D eigenvalue weighted by Gasteiger charge is 2.32.